The predicted molar refractivity (Wildman–Crippen MR) is 32.3 cm³/mol. The van der Waals surface area contributed by atoms with Gasteiger partial charge < -0.3 is 0 Å². The molecule has 0 aliphatic carbocycles. The highest BCUT2D eigenvalue weighted by Crippen LogP contribution is 1.62. The molecule has 0 amide bonds. The fourth-order valence-electron chi connectivity index (χ4n) is 0.176. The summed E-state index contributed by atoms with van der Waals surface area (Å²) in [5.74, 6) is 0. The van der Waals surface area contributed by atoms with E-state index in [0.717, 1.165) is 0 Å². The zero-order valence-corrected chi connectivity index (χ0v) is 5.12. The standard InChI is InChI=1S/C4H9NOS/c1-3-4-5-7(2)6/h3,5H,1,4H2,2H3/t7-/m0/s1. The zero-order valence-electron chi connectivity index (χ0n) is 4.31. The maximum atomic E-state index is 10.2. The lowest BCUT2D eigenvalue weighted by molar-refractivity contribution is 0.680. The molecular formula is C4H9NOS. The maximum Gasteiger partial charge on any atom is 0.0886 e. The van der Waals surface area contributed by atoms with Crippen LogP contribution in [0.4, 0.5) is 0 Å². The molecule has 0 bridgehead atoms. The van der Waals surface area contributed by atoms with E-state index in [4.69, 9.17) is 0 Å². The summed E-state index contributed by atoms with van der Waals surface area (Å²) in [7, 11) is -0.887. The van der Waals surface area contributed by atoms with Crippen LogP contribution in [0.15, 0.2) is 12.7 Å². The van der Waals surface area contributed by atoms with Crippen LogP contribution in [0, 0.1) is 0 Å². The van der Waals surface area contributed by atoms with Crippen LogP contribution < -0.4 is 4.72 Å². The third-order valence-corrected chi connectivity index (χ3v) is 1.00. The van der Waals surface area contributed by atoms with Crippen molar-refractivity contribution in [2.45, 2.75) is 0 Å². The van der Waals surface area contributed by atoms with Gasteiger partial charge in [-0.05, 0) is 0 Å². The Hall–Kier alpha value is -0.150. The van der Waals surface area contributed by atoms with E-state index in [2.05, 4.69) is 11.3 Å². The normalized spacial score (nSPS) is 13.3. The van der Waals surface area contributed by atoms with Crippen LogP contribution in [0.25, 0.3) is 0 Å². The number of rotatable bonds is 3. The molecule has 0 aromatic rings. The third-order valence-electron chi connectivity index (χ3n) is 0.431. The van der Waals surface area contributed by atoms with Crippen molar-refractivity contribution in [1.82, 2.24) is 4.72 Å². The summed E-state index contributed by atoms with van der Waals surface area (Å²) in [4.78, 5) is 0. The van der Waals surface area contributed by atoms with Crippen LogP contribution in [0.2, 0.25) is 0 Å². The van der Waals surface area contributed by atoms with E-state index in [1.165, 1.54) is 0 Å². The molecule has 0 saturated heterocycles. The second-order valence-corrected chi connectivity index (χ2v) is 2.29. The summed E-state index contributed by atoms with van der Waals surface area (Å²) in [6, 6.07) is 0. The zero-order chi connectivity index (χ0) is 5.70. The molecule has 3 heteroatoms. The second-order valence-electron chi connectivity index (χ2n) is 1.09. The van der Waals surface area contributed by atoms with Gasteiger partial charge in [-0.15, -0.1) is 6.58 Å². The van der Waals surface area contributed by atoms with Gasteiger partial charge in [0, 0.05) is 12.8 Å². The fraction of sp³-hybridized carbons (Fsp3) is 0.500. The Morgan fingerprint density at radius 3 is 2.71 bits per heavy atom. The first-order chi connectivity index (χ1) is 3.27. The van der Waals surface area contributed by atoms with Crippen molar-refractivity contribution in [1.29, 1.82) is 0 Å². The average molecular weight is 119 g/mol. The van der Waals surface area contributed by atoms with Gasteiger partial charge in [-0.1, -0.05) is 6.08 Å². The first kappa shape index (κ1) is 6.85. The highest BCUT2D eigenvalue weighted by atomic mass is 32.2. The molecule has 0 heterocycles. The quantitative estimate of drug-likeness (QED) is 0.523. The summed E-state index contributed by atoms with van der Waals surface area (Å²) in [6.45, 7) is 4.05. The highest BCUT2D eigenvalue weighted by molar-refractivity contribution is 7.82. The molecule has 42 valence electrons. The largest absolute Gasteiger partial charge is 0.243 e. The van der Waals surface area contributed by atoms with Crippen molar-refractivity contribution in [3.05, 3.63) is 12.7 Å². The van der Waals surface area contributed by atoms with Gasteiger partial charge in [-0.25, -0.2) is 8.93 Å². The maximum absolute atomic E-state index is 10.2. The Morgan fingerprint density at radius 1 is 2.00 bits per heavy atom. The van der Waals surface area contributed by atoms with Gasteiger partial charge in [0.25, 0.3) is 0 Å². The summed E-state index contributed by atoms with van der Waals surface area (Å²) in [5, 5.41) is 0. The van der Waals surface area contributed by atoms with E-state index in [9.17, 15) is 4.21 Å². The van der Waals surface area contributed by atoms with Gasteiger partial charge in [0.15, 0.2) is 0 Å². The lowest BCUT2D eigenvalue weighted by Gasteiger charge is -1.89. The summed E-state index contributed by atoms with van der Waals surface area (Å²) in [6.07, 6.45) is 3.25. The van der Waals surface area contributed by atoms with Crippen LogP contribution in [-0.2, 0) is 11.0 Å². The van der Waals surface area contributed by atoms with Gasteiger partial charge >= 0.3 is 0 Å². The van der Waals surface area contributed by atoms with Crippen molar-refractivity contribution < 1.29 is 4.21 Å². The molecule has 1 atom stereocenters. The lowest BCUT2D eigenvalue weighted by Crippen LogP contribution is -2.14. The van der Waals surface area contributed by atoms with Gasteiger partial charge in [-0.3, -0.25) is 0 Å². The Morgan fingerprint density at radius 2 is 2.57 bits per heavy atom. The molecule has 7 heavy (non-hydrogen) atoms. The number of hydrogen-bond acceptors (Lipinski definition) is 1. The van der Waals surface area contributed by atoms with E-state index in [0.29, 0.717) is 6.54 Å². The molecule has 0 rings (SSSR count). The monoisotopic (exact) mass is 119 g/mol. The smallest absolute Gasteiger partial charge is 0.0886 e. The number of hydrogen-bond donors (Lipinski definition) is 1. The molecule has 0 aliphatic rings. The van der Waals surface area contributed by atoms with E-state index in [1.54, 1.807) is 12.3 Å². The van der Waals surface area contributed by atoms with Crippen molar-refractivity contribution in [3.8, 4) is 0 Å². The molecule has 0 radical (unpaired) electrons. The Balaban J connectivity index is 2.97. The number of nitrogens with one attached hydrogen (secondary N) is 1. The fourth-order valence-corrected chi connectivity index (χ4v) is 0.529. The van der Waals surface area contributed by atoms with E-state index in [1.807, 2.05) is 0 Å². The van der Waals surface area contributed by atoms with Crippen molar-refractivity contribution in [2.24, 2.45) is 0 Å². The topological polar surface area (TPSA) is 29.1 Å². The second kappa shape index (κ2) is 4.02. The van der Waals surface area contributed by atoms with Crippen LogP contribution in [-0.4, -0.2) is 17.0 Å². The summed E-state index contributed by atoms with van der Waals surface area (Å²) in [5.41, 5.74) is 0. The first-order valence-electron chi connectivity index (χ1n) is 1.95. The van der Waals surface area contributed by atoms with Gasteiger partial charge in [-0.2, -0.15) is 0 Å². The van der Waals surface area contributed by atoms with Crippen molar-refractivity contribution in [3.63, 3.8) is 0 Å². The van der Waals surface area contributed by atoms with E-state index >= 15 is 0 Å². The van der Waals surface area contributed by atoms with E-state index < -0.39 is 11.0 Å². The van der Waals surface area contributed by atoms with Crippen LogP contribution >= 0.6 is 0 Å². The lowest BCUT2D eigenvalue weighted by atomic mass is 10.7. The minimum atomic E-state index is -0.887. The van der Waals surface area contributed by atoms with Gasteiger partial charge in [0.05, 0.1) is 11.0 Å². The average Bonchev–Trinajstić information content (AvgIpc) is 1.61. The molecule has 0 unspecified atom stereocenters. The molecule has 0 fully saturated rings. The van der Waals surface area contributed by atoms with Crippen LogP contribution in [0.5, 0.6) is 0 Å². The molecular weight excluding hydrogens is 110 g/mol. The SMILES string of the molecule is C=CCN[S@](C)=O. The minimum absolute atomic E-state index is 0.614. The summed E-state index contributed by atoms with van der Waals surface area (Å²) < 4.78 is 12.8. The molecule has 0 spiro atoms. The summed E-state index contributed by atoms with van der Waals surface area (Å²) >= 11 is 0. The molecule has 0 saturated carbocycles. The Kier molecular flexibility index (Phi) is 3.93. The van der Waals surface area contributed by atoms with Crippen molar-refractivity contribution in [2.75, 3.05) is 12.8 Å². The highest BCUT2D eigenvalue weighted by Gasteiger charge is 1.79. The van der Waals surface area contributed by atoms with Crippen molar-refractivity contribution >= 4 is 11.0 Å². The molecule has 0 aromatic heterocycles. The van der Waals surface area contributed by atoms with Crippen LogP contribution in [0.1, 0.15) is 0 Å². The van der Waals surface area contributed by atoms with Gasteiger partial charge in [0.2, 0.25) is 0 Å². The molecule has 0 aliphatic heterocycles. The third kappa shape index (κ3) is 5.85. The molecule has 0 aromatic carbocycles. The Bertz CT molecular complexity index is 81.8. The first-order valence-corrected chi connectivity index (χ1v) is 3.51. The van der Waals surface area contributed by atoms with Gasteiger partial charge in [0.1, 0.15) is 0 Å². The van der Waals surface area contributed by atoms with Crippen LogP contribution in [0.3, 0.4) is 0 Å². The predicted octanol–water partition coefficient (Wildman–Crippen LogP) is 0.0555. The minimum Gasteiger partial charge on any atom is -0.243 e. The molecule has 2 nitrogen and oxygen atoms in total. The van der Waals surface area contributed by atoms with E-state index in [-0.39, 0.29) is 0 Å². The Labute approximate surface area is 46.2 Å². The molecule has 1 N–H and O–H groups in total.